The van der Waals surface area contributed by atoms with Crippen molar-refractivity contribution < 1.29 is 5.11 Å². The van der Waals surface area contributed by atoms with Crippen molar-refractivity contribution in [3.63, 3.8) is 0 Å². The second kappa shape index (κ2) is 5.32. The molecule has 2 atom stereocenters. The van der Waals surface area contributed by atoms with Crippen LogP contribution in [0, 0.1) is 5.92 Å². The van der Waals surface area contributed by atoms with E-state index in [0.717, 1.165) is 6.42 Å². The molecule has 2 heterocycles. The molecule has 0 bridgehead atoms. The Kier molecular flexibility index (Phi) is 3.93. The predicted molar refractivity (Wildman–Crippen MR) is 75.4 cm³/mol. The fourth-order valence-corrected chi connectivity index (χ4v) is 2.55. The number of fused-ring (bicyclic) bond motifs is 1. The number of anilines is 1. The van der Waals surface area contributed by atoms with Crippen LogP contribution < -0.4 is 5.73 Å². The number of halogens is 2. The zero-order chi connectivity index (χ0) is 12.7. The van der Waals surface area contributed by atoms with E-state index in [1.807, 2.05) is 16.7 Å². The number of nitrogen functional groups attached to an aromatic ring is 1. The fourth-order valence-electron chi connectivity index (χ4n) is 2.25. The van der Waals surface area contributed by atoms with Crippen molar-refractivity contribution in [1.29, 1.82) is 0 Å². The summed E-state index contributed by atoms with van der Waals surface area (Å²) in [7, 11) is 0. The first-order valence-corrected chi connectivity index (χ1v) is 6.02. The molecule has 0 saturated carbocycles. The molecule has 1 aliphatic rings. The normalized spacial score (nSPS) is 21.8. The van der Waals surface area contributed by atoms with Crippen molar-refractivity contribution in [3.8, 4) is 0 Å². The van der Waals surface area contributed by atoms with Crippen molar-refractivity contribution in [1.82, 2.24) is 19.5 Å². The second-order valence-corrected chi connectivity index (χ2v) is 4.66. The van der Waals surface area contributed by atoms with Crippen LogP contribution in [0.2, 0.25) is 5.28 Å². The summed E-state index contributed by atoms with van der Waals surface area (Å²) in [6.07, 6.45) is 6.33. The highest BCUT2D eigenvalue weighted by atomic mass is 35.5. The van der Waals surface area contributed by atoms with Gasteiger partial charge in [0.1, 0.15) is 5.52 Å². The summed E-state index contributed by atoms with van der Waals surface area (Å²) in [5.41, 5.74) is 6.84. The van der Waals surface area contributed by atoms with Crippen molar-refractivity contribution >= 4 is 41.1 Å². The molecular formula is C11H13Cl2N5O. The lowest BCUT2D eigenvalue weighted by Crippen LogP contribution is -2.09. The minimum atomic E-state index is 0. The molecule has 3 rings (SSSR count). The molecular weight excluding hydrogens is 289 g/mol. The minimum Gasteiger partial charge on any atom is -0.396 e. The summed E-state index contributed by atoms with van der Waals surface area (Å²) in [5, 5.41) is 9.51. The van der Waals surface area contributed by atoms with Crippen LogP contribution in [0.1, 0.15) is 12.5 Å². The van der Waals surface area contributed by atoms with Crippen LogP contribution in [0.25, 0.3) is 11.2 Å². The topological polar surface area (TPSA) is 89.8 Å². The van der Waals surface area contributed by atoms with Gasteiger partial charge in [-0.05, 0) is 18.0 Å². The molecule has 0 aliphatic heterocycles. The number of rotatable bonds is 2. The summed E-state index contributed by atoms with van der Waals surface area (Å²) in [4.78, 5) is 12.3. The molecule has 1 aliphatic carbocycles. The monoisotopic (exact) mass is 301 g/mol. The van der Waals surface area contributed by atoms with E-state index < -0.39 is 0 Å². The minimum absolute atomic E-state index is 0. The average molecular weight is 302 g/mol. The summed E-state index contributed by atoms with van der Waals surface area (Å²) in [6.45, 7) is 0.133. The van der Waals surface area contributed by atoms with E-state index >= 15 is 0 Å². The molecule has 0 unspecified atom stereocenters. The lowest BCUT2D eigenvalue weighted by atomic mass is 10.1. The third kappa shape index (κ3) is 2.39. The molecule has 2 aromatic heterocycles. The molecule has 2 aromatic rings. The van der Waals surface area contributed by atoms with Crippen LogP contribution in [0.15, 0.2) is 18.3 Å². The quantitative estimate of drug-likeness (QED) is 0.649. The van der Waals surface area contributed by atoms with Crippen LogP contribution >= 0.6 is 24.0 Å². The van der Waals surface area contributed by atoms with E-state index in [2.05, 4.69) is 15.0 Å². The Balaban J connectivity index is 0.00000133. The van der Waals surface area contributed by atoms with Gasteiger partial charge < -0.3 is 10.8 Å². The second-order valence-electron chi connectivity index (χ2n) is 4.32. The number of hydrogen-bond donors (Lipinski definition) is 2. The van der Waals surface area contributed by atoms with E-state index in [4.69, 9.17) is 22.4 Å². The molecule has 0 spiro atoms. The average Bonchev–Trinajstić information content (AvgIpc) is 2.92. The molecule has 3 N–H and O–H groups in total. The van der Waals surface area contributed by atoms with Gasteiger partial charge in [0, 0.05) is 12.5 Å². The van der Waals surface area contributed by atoms with Crippen molar-refractivity contribution in [2.24, 2.45) is 5.92 Å². The third-order valence-corrected chi connectivity index (χ3v) is 3.39. The number of aromatic nitrogens is 4. The smallest absolute Gasteiger partial charge is 0.222 e. The Bertz CT molecular complexity index is 627. The molecule has 102 valence electrons. The van der Waals surface area contributed by atoms with Gasteiger partial charge in [0.2, 0.25) is 11.2 Å². The standard InChI is InChI=1S/C11H12ClN5O.ClH/c12-10-15-8-4-14-11(13)16-9(8)17(10)7-2-1-6(3-7)5-18;/h1-2,4,6-7,18H,3,5H2,(H2,13,14,16);1H/t6-,7+;/m1./s1. The molecule has 0 aromatic carbocycles. The van der Waals surface area contributed by atoms with Gasteiger partial charge in [-0.1, -0.05) is 12.2 Å². The lowest BCUT2D eigenvalue weighted by Gasteiger charge is -2.13. The van der Waals surface area contributed by atoms with Gasteiger partial charge in [-0.15, -0.1) is 12.4 Å². The van der Waals surface area contributed by atoms with Crippen molar-refractivity contribution in [2.45, 2.75) is 12.5 Å². The maximum Gasteiger partial charge on any atom is 0.222 e. The number of allylic oxidation sites excluding steroid dienone is 1. The predicted octanol–water partition coefficient (Wildman–Crippen LogP) is 1.59. The van der Waals surface area contributed by atoms with Gasteiger partial charge in [0.25, 0.3) is 0 Å². The highest BCUT2D eigenvalue weighted by Crippen LogP contribution is 2.32. The number of imidazole rings is 1. The maximum atomic E-state index is 9.15. The molecule has 19 heavy (non-hydrogen) atoms. The van der Waals surface area contributed by atoms with Crippen molar-refractivity contribution in [2.75, 3.05) is 12.3 Å². The van der Waals surface area contributed by atoms with E-state index in [9.17, 15) is 0 Å². The molecule has 0 amide bonds. The van der Waals surface area contributed by atoms with E-state index in [1.165, 1.54) is 0 Å². The van der Waals surface area contributed by atoms with E-state index in [0.29, 0.717) is 16.4 Å². The highest BCUT2D eigenvalue weighted by Gasteiger charge is 2.24. The third-order valence-electron chi connectivity index (χ3n) is 3.12. The van der Waals surface area contributed by atoms with Gasteiger partial charge in [-0.2, -0.15) is 4.98 Å². The molecule has 8 heteroatoms. The maximum absolute atomic E-state index is 9.15. The summed E-state index contributed by atoms with van der Waals surface area (Å²) >= 11 is 6.14. The summed E-state index contributed by atoms with van der Waals surface area (Å²) in [6, 6.07) is 0.0500. The van der Waals surface area contributed by atoms with E-state index in [-0.39, 0.29) is 36.9 Å². The Labute approximate surface area is 120 Å². The highest BCUT2D eigenvalue weighted by molar-refractivity contribution is 6.29. The zero-order valence-electron chi connectivity index (χ0n) is 9.90. The van der Waals surface area contributed by atoms with Gasteiger partial charge >= 0.3 is 0 Å². The number of aliphatic hydroxyl groups excluding tert-OH is 1. The van der Waals surface area contributed by atoms with Crippen LogP contribution in [0.4, 0.5) is 5.95 Å². The molecule has 0 saturated heterocycles. The van der Waals surface area contributed by atoms with Crippen LogP contribution in [0.5, 0.6) is 0 Å². The number of aliphatic hydroxyl groups is 1. The molecule has 0 fully saturated rings. The molecule has 6 nitrogen and oxygen atoms in total. The summed E-state index contributed by atoms with van der Waals surface area (Å²) < 4.78 is 1.82. The molecule has 0 radical (unpaired) electrons. The van der Waals surface area contributed by atoms with Crippen LogP contribution in [-0.4, -0.2) is 31.2 Å². The largest absolute Gasteiger partial charge is 0.396 e. The van der Waals surface area contributed by atoms with Crippen molar-refractivity contribution in [3.05, 3.63) is 23.6 Å². The summed E-state index contributed by atoms with van der Waals surface area (Å²) in [5.74, 6) is 0.351. The Hall–Kier alpha value is -1.37. The number of hydrogen-bond acceptors (Lipinski definition) is 5. The Morgan fingerprint density at radius 3 is 2.89 bits per heavy atom. The number of nitrogens with two attached hydrogens (primary N) is 1. The van der Waals surface area contributed by atoms with Crippen LogP contribution in [-0.2, 0) is 0 Å². The van der Waals surface area contributed by atoms with Gasteiger partial charge in [0.15, 0.2) is 5.65 Å². The van der Waals surface area contributed by atoms with Gasteiger partial charge in [-0.25, -0.2) is 9.97 Å². The first kappa shape index (κ1) is 14.0. The fraction of sp³-hybridized carbons (Fsp3) is 0.364. The number of nitrogens with zero attached hydrogens (tertiary/aromatic N) is 4. The van der Waals surface area contributed by atoms with Gasteiger partial charge in [0.05, 0.1) is 12.2 Å². The first-order chi connectivity index (χ1) is 8.69. The Morgan fingerprint density at radius 1 is 1.42 bits per heavy atom. The zero-order valence-corrected chi connectivity index (χ0v) is 11.5. The van der Waals surface area contributed by atoms with E-state index in [1.54, 1.807) is 6.20 Å². The first-order valence-electron chi connectivity index (χ1n) is 5.64. The van der Waals surface area contributed by atoms with Crippen LogP contribution in [0.3, 0.4) is 0 Å². The SMILES string of the molecule is Cl.Nc1ncc2nc(Cl)n([C@H]3C=C[C@@H](CO)C3)c2n1. The van der Waals surface area contributed by atoms with Gasteiger partial charge in [-0.3, -0.25) is 4.57 Å². The Morgan fingerprint density at radius 2 is 2.21 bits per heavy atom. The lowest BCUT2D eigenvalue weighted by molar-refractivity contribution is 0.244.